The minimum absolute atomic E-state index is 0.229. The molecule has 0 amide bonds. The van der Waals surface area contributed by atoms with Crippen LogP contribution in [0.3, 0.4) is 0 Å². The Morgan fingerprint density at radius 1 is 1.30 bits per heavy atom. The molecule has 1 aliphatic rings. The van der Waals surface area contributed by atoms with Crippen LogP contribution in [0.5, 0.6) is 5.75 Å². The van der Waals surface area contributed by atoms with Crippen LogP contribution >= 0.6 is 0 Å². The maximum absolute atomic E-state index is 13.4. The summed E-state index contributed by atoms with van der Waals surface area (Å²) >= 11 is 0. The van der Waals surface area contributed by atoms with Crippen molar-refractivity contribution in [1.29, 1.82) is 0 Å². The third-order valence-electron chi connectivity index (χ3n) is 4.58. The minimum atomic E-state index is -0.299. The Bertz CT molecular complexity index is 427. The van der Waals surface area contributed by atoms with E-state index in [1.165, 1.54) is 45.3 Å². The predicted octanol–water partition coefficient (Wildman–Crippen LogP) is 4.45. The van der Waals surface area contributed by atoms with Gasteiger partial charge < -0.3 is 10.1 Å². The molecule has 1 N–H and O–H groups in total. The van der Waals surface area contributed by atoms with Crippen LogP contribution in [-0.4, -0.2) is 13.2 Å². The molecule has 1 atom stereocenters. The molecular formula is C17H26FNO. The number of hydrogen-bond donors (Lipinski definition) is 1. The van der Waals surface area contributed by atoms with Gasteiger partial charge in [0.15, 0.2) is 11.6 Å². The van der Waals surface area contributed by atoms with Gasteiger partial charge in [0, 0.05) is 12.1 Å². The van der Waals surface area contributed by atoms with Crippen molar-refractivity contribution in [1.82, 2.24) is 5.32 Å². The van der Waals surface area contributed by atoms with Crippen molar-refractivity contribution in [2.45, 2.75) is 58.0 Å². The van der Waals surface area contributed by atoms with E-state index in [-0.39, 0.29) is 11.9 Å². The summed E-state index contributed by atoms with van der Waals surface area (Å²) in [4.78, 5) is 0. The molecule has 1 aromatic rings. The van der Waals surface area contributed by atoms with Gasteiger partial charge >= 0.3 is 0 Å². The first-order valence-electron chi connectivity index (χ1n) is 7.73. The van der Waals surface area contributed by atoms with Crippen LogP contribution in [0.4, 0.5) is 4.39 Å². The Morgan fingerprint density at radius 3 is 2.60 bits per heavy atom. The second-order valence-electron chi connectivity index (χ2n) is 5.91. The van der Waals surface area contributed by atoms with Crippen molar-refractivity contribution in [2.24, 2.45) is 5.92 Å². The molecule has 20 heavy (non-hydrogen) atoms. The normalized spacial score (nSPS) is 24.4. The summed E-state index contributed by atoms with van der Waals surface area (Å²) < 4.78 is 18.5. The van der Waals surface area contributed by atoms with E-state index in [1.54, 1.807) is 6.07 Å². The molecule has 0 spiro atoms. The van der Waals surface area contributed by atoms with Crippen molar-refractivity contribution in [3.8, 4) is 5.75 Å². The number of nitrogens with one attached hydrogen (secondary N) is 1. The Balaban J connectivity index is 1.93. The zero-order valence-electron chi connectivity index (χ0n) is 12.8. The van der Waals surface area contributed by atoms with Gasteiger partial charge in [0.2, 0.25) is 0 Å². The first-order chi connectivity index (χ1) is 9.63. The van der Waals surface area contributed by atoms with Gasteiger partial charge in [-0.25, -0.2) is 4.39 Å². The molecular weight excluding hydrogens is 253 g/mol. The van der Waals surface area contributed by atoms with Crippen molar-refractivity contribution in [2.75, 3.05) is 7.11 Å². The summed E-state index contributed by atoms with van der Waals surface area (Å²) in [5.74, 6) is 0.937. The number of rotatable bonds is 5. The molecule has 0 aromatic heterocycles. The van der Waals surface area contributed by atoms with E-state index in [0.717, 1.165) is 11.5 Å². The molecule has 2 rings (SSSR count). The quantitative estimate of drug-likeness (QED) is 0.859. The van der Waals surface area contributed by atoms with Crippen molar-refractivity contribution in [3.05, 3.63) is 29.6 Å². The third kappa shape index (κ3) is 3.72. The molecule has 0 radical (unpaired) electrons. The van der Waals surface area contributed by atoms with Crippen molar-refractivity contribution in [3.63, 3.8) is 0 Å². The van der Waals surface area contributed by atoms with Gasteiger partial charge in [0.05, 0.1) is 7.11 Å². The maximum atomic E-state index is 13.4. The SMILES string of the molecule is CCC1CCC(NC(C)c2ccc(F)c(OC)c2)CC1. The van der Waals surface area contributed by atoms with Crippen molar-refractivity contribution < 1.29 is 9.13 Å². The summed E-state index contributed by atoms with van der Waals surface area (Å²) in [6.45, 7) is 4.42. The molecule has 112 valence electrons. The Morgan fingerprint density at radius 2 is 2.00 bits per heavy atom. The molecule has 3 heteroatoms. The predicted molar refractivity (Wildman–Crippen MR) is 80.5 cm³/mol. The van der Waals surface area contributed by atoms with Gasteiger partial charge in [-0.3, -0.25) is 0 Å². The second kappa shape index (κ2) is 7.07. The second-order valence-corrected chi connectivity index (χ2v) is 5.91. The highest BCUT2D eigenvalue weighted by Gasteiger charge is 2.21. The summed E-state index contributed by atoms with van der Waals surface area (Å²) in [6, 6.07) is 5.94. The summed E-state index contributed by atoms with van der Waals surface area (Å²) in [7, 11) is 1.51. The van der Waals surface area contributed by atoms with E-state index in [0.29, 0.717) is 11.8 Å². The summed E-state index contributed by atoms with van der Waals surface area (Å²) in [5.41, 5.74) is 1.08. The van der Waals surface area contributed by atoms with Gasteiger partial charge in [-0.2, -0.15) is 0 Å². The van der Waals surface area contributed by atoms with E-state index in [4.69, 9.17) is 4.74 Å². The molecule has 0 aliphatic heterocycles. The monoisotopic (exact) mass is 279 g/mol. The lowest BCUT2D eigenvalue weighted by atomic mass is 9.84. The summed E-state index contributed by atoms with van der Waals surface area (Å²) in [5, 5.41) is 3.67. The number of hydrogen-bond acceptors (Lipinski definition) is 2. The molecule has 1 saturated carbocycles. The number of methoxy groups -OCH3 is 1. The van der Waals surface area contributed by atoms with E-state index < -0.39 is 0 Å². The number of ether oxygens (including phenoxy) is 1. The average Bonchev–Trinajstić information content (AvgIpc) is 2.48. The molecule has 1 aliphatic carbocycles. The maximum Gasteiger partial charge on any atom is 0.165 e. The molecule has 1 unspecified atom stereocenters. The van der Waals surface area contributed by atoms with Crippen molar-refractivity contribution >= 4 is 0 Å². The topological polar surface area (TPSA) is 21.3 Å². The smallest absolute Gasteiger partial charge is 0.165 e. The molecule has 1 fully saturated rings. The van der Waals surface area contributed by atoms with Crippen LogP contribution in [-0.2, 0) is 0 Å². The summed E-state index contributed by atoms with van der Waals surface area (Å²) in [6.07, 6.45) is 6.46. The van der Waals surface area contributed by atoms with Crippen LogP contribution < -0.4 is 10.1 Å². The van der Waals surface area contributed by atoms with E-state index in [1.807, 2.05) is 6.07 Å². The fourth-order valence-electron chi connectivity index (χ4n) is 3.13. The van der Waals surface area contributed by atoms with E-state index in [9.17, 15) is 4.39 Å². The van der Waals surface area contributed by atoms with Gasteiger partial charge in [0.1, 0.15) is 0 Å². The highest BCUT2D eigenvalue weighted by Crippen LogP contribution is 2.29. The average molecular weight is 279 g/mol. The zero-order valence-corrected chi connectivity index (χ0v) is 12.8. The first-order valence-corrected chi connectivity index (χ1v) is 7.73. The molecule has 0 bridgehead atoms. The van der Waals surface area contributed by atoms with Crippen LogP contribution in [0.15, 0.2) is 18.2 Å². The van der Waals surface area contributed by atoms with Crippen LogP contribution in [0.2, 0.25) is 0 Å². The molecule has 0 heterocycles. The lowest BCUT2D eigenvalue weighted by Gasteiger charge is -2.31. The standard InChI is InChI=1S/C17H26FNO/c1-4-13-5-8-15(9-6-13)19-12(2)14-7-10-16(18)17(11-14)20-3/h7,10-13,15,19H,4-6,8-9H2,1-3H3. The Labute approximate surface area is 121 Å². The molecule has 0 saturated heterocycles. The van der Waals surface area contributed by atoms with Gasteiger partial charge in [-0.05, 0) is 56.2 Å². The van der Waals surface area contributed by atoms with Crippen LogP contribution in [0, 0.1) is 11.7 Å². The van der Waals surface area contributed by atoms with E-state index in [2.05, 4.69) is 19.2 Å². The minimum Gasteiger partial charge on any atom is -0.494 e. The van der Waals surface area contributed by atoms with Gasteiger partial charge in [-0.1, -0.05) is 19.4 Å². The molecule has 2 nitrogen and oxygen atoms in total. The zero-order chi connectivity index (χ0) is 14.5. The van der Waals surface area contributed by atoms with Gasteiger partial charge in [0.25, 0.3) is 0 Å². The lowest BCUT2D eigenvalue weighted by molar-refractivity contribution is 0.273. The largest absolute Gasteiger partial charge is 0.494 e. The number of benzene rings is 1. The fraction of sp³-hybridized carbons (Fsp3) is 0.647. The van der Waals surface area contributed by atoms with Crippen LogP contribution in [0.25, 0.3) is 0 Å². The highest BCUT2D eigenvalue weighted by atomic mass is 19.1. The third-order valence-corrected chi connectivity index (χ3v) is 4.58. The lowest BCUT2D eigenvalue weighted by Crippen LogP contribution is -2.34. The fourth-order valence-corrected chi connectivity index (χ4v) is 3.13. The van der Waals surface area contributed by atoms with Gasteiger partial charge in [-0.15, -0.1) is 0 Å². The Kier molecular flexibility index (Phi) is 5.41. The highest BCUT2D eigenvalue weighted by molar-refractivity contribution is 5.32. The first kappa shape index (κ1) is 15.3. The van der Waals surface area contributed by atoms with E-state index >= 15 is 0 Å². The number of halogens is 1. The van der Waals surface area contributed by atoms with Crippen LogP contribution in [0.1, 0.15) is 57.6 Å². The molecule has 1 aromatic carbocycles. The Hall–Kier alpha value is -1.09.